The van der Waals surface area contributed by atoms with Gasteiger partial charge in [-0.15, -0.1) is 0 Å². The van der Waals surface area contributed by atoms with Crippen LogP contribution in [0.3, 0.4) is 0 Å². The smallest absolute Gasteiger partial charge is 0.161 e. The lowest BCUT2D eigenvalue weighted by molar-refractivity contribution is 0.321. The van der Waals surface area contributed by atoms with Gasteiger partial charge in [0.2, 0.25) is 0 Å². The molecule has 0 saturated carbocycles. The molecule has 1 aromatic carbocycles. The van der Waals surface area contributed by atoms with Gasteiger partial charge in [-0.05, 0) is 56.6 Å². The highest BCUT2D eigenvalue weighted by Crippen LogP contribution is 2.30. The Morgan fingerprint density at radius 2 is 1.84 bits per heavy atom. The van der Waals surface area contributed by atoms with Gasteiger partial charge in [0.15, 0.2) is 11.5 Å². The molecule has 1 saturated heterocycles. The number of methoxy groups -OCH3 is 2. The molecule has 1 fully saturated rings. The Bertz CT molecular complexity index is 403. The first-order chi connectivity index (χ1) is 9.24. The van der Waals surface area contributed by atoms with E-state index >= 15 is 0 Å². The Labute approximate surface area is 115 Å². The third-order valence-corrected chi connectivity index (χ3v) is 3.79. The van der Waals surface area contributed by atoms with Crippen LogP contribution < -0.4 is 15.2 Å². The van der Waals surface area contributed by atoms with Crippen molar-refractivity contribution in [3.63, 3.8) is 0 Å². The van der Waals surface area contributed by atoms with Gasteiger partial charge in [0, 0.05) is 6.04 Å². The Balaban J connectivity index is 1.95. The summed E-state index contributed by atoms with van der Waals surface area (Å²) < 4.78 is 10.6. The minimum atomic E-state index is 0.0559. The van der Waals surface area contributed by atoms with Crippen molar-refractivity contribution in [2.24, 2.45) is 5.73 Å². The van der Waals surface area contributed by atoms with Crippen LogP contribution in [-0.2, 0) is 0 Å². The van der Waals surface area contributed by atoms with Crippen LogP contribution in [0.15, 0.2) is 18.2 Å². The number of likely N-dealkylation sites (tertiary alicyclic amines) is 1. The highest BCUT2D eigenvalue weighted by atomic mass is 16.5. The summed E-state index contributed by atoms with van der Waals surface area (Å²) in [7, 11) is 3.29. The molecular formula is C15H24N2O2. The molecule has 0 aliphatic carbocycles. The van der Waals surface area contributed by atoms with E-state index in [1.807, 2.05) is 18.2 Å². The number of ether oxygens (including phenoxy) is 2. The predicted octanol–water partition coefficient (Wildman–Crippen LogP) is 2.19. The quantitative estimate of drug-likeness (QED) is 0.855. The molecule has 1 aliphatic rings. The van der Waals surface area contributed by atoms with E-state index in [2.05, 4.69) is 4.90 Å². The highest BCUT2D eigenvalue weighted by molar-refractivity contribution is 5.43. The van der Waals surface area contributed by atoms with Crippen molar-refractivity contribution in [3.05, 3.63) is 23.8 Å². The number of nitrogens with zero attached hydrogens (tertiary/aromatic N) is 1. The fourth-order valence-electron chi connectivity index (χ4n) is 2.58. The topological polar surface area (TPSA) is 47.7 Å². The first kappa shape index (κ1) is 14.2. The van der Waals surface area contributed by atoms with Gasteiger partial charge in [-0.1, -0.05) is 6.07 Å². The standard InChI is InChI=1S/C15H24N2O2/c1-18-14-6-5-12(11-15(14)19-2)13(16)7-10-17-8-3-4-9-17/h5-6,11,13H,3-4,7-10,16H2,1-2H3. The van der Waals surface area contributed by atoms with Gasteiger partial charge in [0.1, 0.15) is 0 Å². The molecule has 1 atom stereocenters. The number of nitrogens with two attached hydrogens (primary N) is 1. The monoisotopic (exact) mass is 264 g/mol. The molecule has 4 nitrogen and oxygen atoms in total. The van der Waals surface area contributed by atoms with Gasteiger partial charge in [0.05, 0.1) is 14.2 Å². The number of hydrogen-bond acceptors (Lipinski definition) is 4. The summed E-state index contributed by atoms with van der Waals surface area (Å²) in [6, 6.07) is 5.98. The molecule has 1 aliphatic heterocycles. The number of rotatable bonds is 6. The van der Waals surface area contributed by atoms with Crippen molar-refractivity contribution in [3.8, 4) is 11.5 Å². The van der Waals surface area contributed by atoms with E-state index < -0.39 is 0 Å². The van der Waals surface area contributed by atoms with E-state index in [1.165, 1.54) is 25.9 Å². The molecule has 0 radical (unpaired) electrons. The van der Waals surface area contributed by atoms with Crippen molar-refractivity contribution in [2.75, 3.05) is 33.9 Å². The molecule has 4 heteroatoms. The third-order valence-electron chi connectivity index (χ3n) is 3.79. The van der Waals surface area contributed by atoms with Crippen LogP contribution in [0.4, 0.5) is 0 Å². The van der Waals surface area contributed by atoms with Gasteiger partial charge in [0.25, 0.3) is 0 Å². The lowest BCUT2D eigenvalue weighted by Gasteiger charge is -2.19. The summed E-state index contributed by atoms with van der Waals surface area (Å²) in [5.41, 5.74) is 7.37. The van der Waals surface area contributed by atoms with Crippen LogP contribution in [-0.4, -0.2) is 38.8 Å². The molecule has 0 spiro atoms. The van der Waals surface area contributed by atoms with Crippen molar-refractivity contribution in [1.82, 2.24) is 4.90 Å². The SMILES string of the molecule is COc1ccc(C(N)CCN2CCCC2)cc1OC. The van der Waals surface area contributed by atoms with Crippen molar-refractivity contribution in [2.45, 2.75) is 25.3 Å². The maximum Gasteiger partial charge on any atom is 0.161 e. The Hall–Kier alpha value is -1.26. The summed E-state index contributed by atoms with van der Waals surface area (Å²) in [6.45, 7) is 3.52. The third kappa shape index (κ3) is 3.61. The zero-order valence-corrected chi connectivity index (χ0v) is 11.9. The van der Waals surface area contributed by atoms with Crippen LogP contribution in [0.1, 0.15) is 30.9 Å². The maximum absolute atomic E-state index is 6.27. The Morgan fingerprint density at radius 1 is 1.16 bits per heavy atom. The molecule has 2 N–H and O–H groups in total. The Morgan fingerprint density at radius 3 is 2.47 bits per heavy atom. The molecule has 1 aromatic rings. The van der Waals surface area contributed by atoms with E-state index in [1.54, 1.807) is 14.2 Å². The lowest BCUT2D eigenvalue weighted by atomic mass is 10.0. The van der Waals surface area contributed by atoms with Crippen LogP contribution in [0, 0.1) is 0 Å². The van der Waals surface area contributed by atoms with E-state index in [-0.39, 0.29) is 6.04 Å². The van der Waals surface area contributed by atoms with Gasteiger partial charge in [-0.2, -0.15) is 0 Å². The molecule has 19 heavy (non-hydrogen) atoms. The van der Waals surface area contributed by atoms with Crippen LogP contribution in [0.25, 0.3) is 0 Å². The van der Waals surface area contributed by atoms with Crippen molar-refractivity contribution in [1.29, 1.82) is 0 Å². The van der Waals surface area contributed by atoms with Crippen LogP contribution in [0.2, 0.25) is 0 Å². The molecule has 1 heterocycles. The number of hydrogen-bond donors (Lipinski definition) is 1. The fraction of sp³-hybridized carbons (Fsp3) is 0.600. The van der Waals surface area contributed by atoms with E-state index in [9.17, 15) is 0 Å². The molecular weight excluding hydrogens is 240 g/mol. The number of benzene rings is 1. The summed E-state index contributed by atoms with van der Waals surface area (Å²) in [5.74, 6) is 1.50. The molecule has 2 rings (SSSR count). The first-order valence-electron chi connectivity index (χ1n) is 6.94. The minimum Gasteiger partial charge on any atom is -0.493 e. The normalized spacial score (nSPS) is 17.4. The van der Waals surface area contributed by atoms with Gasteiger partial charge in [-0.25, -0.2) is 0 Å². The minimum absolute atomic E-state index is 0.0559. The second-order valence-corrected chi connectivity index (χ2v) is 5.06. The fourth-order valence-corrected chi connectivity index (χ4v) is 2.58. The average Bonchev–Trinajstić information content (AvgIpc) is 2.97. The Kier molecular flexibility index (Phi) is 5.05. The van der Waals surface area contributed by atoms with E-state index in [0.29, 0.717) is 0 Å². The van der Waals surface area contributed by atoms with Gasteiger partial charge in [-0.3, -0.25) is 0 Å². The highest BCUT2D eigenvalue weighted by Gasteiger charge is 2.15. The molecule has 106 valence electrons. The van der Waals surface area contributed by atoms with E-state index in [4.69, 9.17) is 15.2 Å². The predicted molar refractivity (Wildman–Crippen MR) is 76.8 cm³/mol. The molecule has 0 amide bonds. The average molecular weight is 264 g/mol. The van der Waals surface area contributed by atoms with Crippen LogP contribution in [0.5, 0.6) is 11.5 Å². The van der Waals surface area contributed by atoms with E-state index in [0.717, 1.165) is 30.0 Å². The maximum atomic E-state index is 6.27. The second-order valence-electron chi connectivity index (χ2n) is 5.06. The first-order valence-corrected chi connectivity index (χ1v) is 6.94. The largest absolute Gasteiger partial charge is 0.493 e. The van der Waals surface area contributed by atoms with Crippen LogP contribution >= 0.6 is 0 Å². The summed E-state index contributed by atoms with van der Waals surface area (Å²) >= 11 is 0. The molecule has 1 unspecified atom stereocenters. The zero-order valence-electron chi connectivity index (χ0n) is 11.9. The van der Waals surface area contributed by atoms with Crippen molar-refractivity contribution >= 4 is 0 Å². The molecule has 0 bridgehead atoms. The summed E-state index contributed by atoms with van der Waals surface area (Å²) in [5, 5.41) is 0. The summed E-state index contributed by atoms with van der Waals surface area (Å²) in [4.78, 5) is 2.49. The lowest BCUT2D eigenvalue weighted by Crippen LogP contribution is -2.24. The zero-order chi connectivity index (χ0) is 13.7. The van der Waals surface area contributed by atoms with Gasteiger partial charge < -0.3 is 20.1 Å². The van der Waals surface area contributed by atoms with Crippen molar-refractivity contribution < 1.29 is 9.47 Å². The van der Waals surface area contributed by atoms with Gasteiger partial charge >= 0.3 is 0 Å². The summed E-state index contributed by atoms with van der Waals surface area (Å²) in [6.07, 6.45) is 3.63. The molecule has 0 aromatic heterocycles. The second kappa shape index (κ2) is 6.78.